The first-order chi connectivity index (χ1) is 23.2. The largest absolute Gasteiger partial charge is 0.456 e. The fourth-order valence-corrected chi connectivity index (χ4v) is 7.61. The van der Waals surface area contributed by atoms with Crippen molar-refractivity contribution in [2.45, 2.75) is 104 Å². The molecule has 0 saturated carbocycles. The van der Waals surface area contributed by atoms with E-state index in [-0.39, 0.29) is 4.90 Å². The molecule has 1 heterocycles. The van der Waals surface area contributed by atoms with Gasteiger partial charge in [0.25, 0.3) is 10.1 Å². The normalized spacial score (nSPS) is 12.0. The van der Waals surface area contributed by atoms with Gasteiger partial charge < -0.3 is 9.32 Å². The molecule has 0 saturated heterocycles. The second-order valence-corrected chi connectivity index (χ2v) is 14.3. The van der Waals surface area contributed by atoms with Gasteiger partial charge in [-0.25, -0.2) is 4.58 Å². The lowest BCUT2D eigenvalue weighted by molar-refractivity contribution is 0.252. The molecule has 0 atom stereocenters. The lowest BCUT2D eigenvalue weighted by Gasteiger charge is -2.24. The second-order valence-electron chi connectivity index (χ2n) is 12.9. The van der Waals surface area contributed by atoms with Gasteiger partial charge in [-0.2, -0.15) is 8.42 Å². The minimum absolute atomic E-state index is 0.0636. The minimum atomic E-state index is -4.55. The van der Waals surface area contributed by atoms with Crippen molar-refractivity contribution in [2.75, 3.05) is 44.2 Å². The van der Waals surface area contributed by atoms with Crippen molar-refractivity contribution in [1.82, 2.24) is 9.48 Å². The summed E-state index contributed by atoms with van der Waals surface area (Å²) >= 11 is 0. The fraction of sp³-hybridized carbons (Fsp3) is 0.525. The molecule has 0 fully saturated rings. The monoisotopic (exact) mass is 676 g/mol. The van der Waals surface area contributed by atoms with E-state index in [1.807, 2.05) is 36.4 Å². The molecule has 1 N–H and O–H groups in total. The van der Waals surface area contributed by atoms with E-state index in [1.165, 1.54) is 38.5 Å². The van der Waals surface area contributed by atoms with Gasteiger partial charge in [-0.15, -0.1) is 0 Å². The average molecular weight is 677 g/mol. The zero-order chi connectivity index (χ0) is 34.7. The van der Waals surface area contributed by atoms with E-state index in [9.17, 15) is 13.0 Å². The number of hydrogen-bond donors (Lipinski definition) is 1. The average Bonchev–Trinajstić information content (AvgIpc) is 3.08. The van der Waals surface area contributed by atoms with Crippen LogP contribution in [0.5, 0.6) is 0 Å². The predicted molar refractivity (Wildman–Crippen MR) is 202 cm³/mol. The van der Waals surface area contributed by atoms with Crippen molar-refractivity contribution >= 4 is 26.8 Å². The van der Waals surface area contributed by atoms with Gasteiger partial charge in [0, 0.05) is 59.5 Å². The Morgan fingerprint density at radius 1 is 0.729 bits per heavy atom. The summed E-state index contributed by atoms with van der Waals surface area (Å²) in [4.78, 5) is 4.65. The zero-order valence-corrected chi connectivity index (χ0v) is 31.0. The van der Waals surface area contributed by atoms with E-state index in [4.69, 9.17) is 4.42 Å². The van der Waals surface area contributed by atoms with Crippen LogP contribution in [0.4, 0.5) is 5.69 Å². The van der Waals surface area contributed by atoms with Crippen molar-refractivity contribution in [2.24, 2.45) is 0 Å². The zero-order valence-electron chi connectivity index (χ0n) is 30.2. The van der Waals surface area contributed by atoms with E-state index in [2.05, 4.69) is 68.1 Å². The first-order valence-corrected chi connectivity index (χ1v) is 19.8. The Kier molecular flexibility index (Phi) is 14.1. The molecular formula is C40H58N3O4S+. The summed E-state index contributed by atoms with van der Waals surface area (Å²) in [6, 6.07) is 17.9. The van der Waals surface area contributed by atoms with Gasteiger partial charge in [0.05, 0.1) is 6.07 Å². The van der Waals surface area contributed by atoms with Gasteiger partial charge in [-0.1, -0.05) is 64.5 Å². The van der Waals surface area contributed by atoms with E-state index in [1.54, 1.807) is 6.07 Å². The Balaban J connectivity index is 1.89. The molecule has 0 unspecified atom stereocenters. The first-order valence-electron chi connectivity index (χ1n) is 18.3. The number of unbranched alkanes of at least 4 members (excludes halogenated alkanes) is 6. The summed E-state index contributed by atoms with van der Waals surface area (Å²) in [5.41, 5.74) is 4.65. The summed E-state index contributed by atoms with van der Waals surface area (Å²) < 4.78 is 45.9. The number of rotatable bonds is 19. The molecule has 7 nitrogen and oxygen atoms in total. The molecule has 0 spiro atoms. The number of hydrogen-bond acceptors (Lipinski definition) is 5. The topological polar surface area (TPSA) is 77.0 Å². The van der Waals surface area contributed by atoms with Gasteiger partial charge in [0.1, 0.15) is 29.3 Å². The molecule has 0 aromatic heterocycles. The fourth-order valence-electron chi connectivity index (χ4n) is 6.87. The van der Waals surface area contributed by atoms with Crippen LogP contribution in [-0.4, -0.2) is 57.1 Å². The Hall–Kier alpha value is -3.20. The van der Waals surface area contributed by atoms with Crippen molar-refractivity contribution < 1.29 is 17.4 Å². The van der Waals surface area contributed by atoms with Crippen molar-refractivity contribution in [3.8, 4) is 22.5 Å². The molecule has 1 aliphatic heterocycles. The number of nitrogens with zero attached hydrogens (tertiary/aromatic N) is 3. The van der Waals surface area contributed by atoms with Gasteiger partial charge >= 0.3 is 0 Å². The molecule has 1 aliphatic carbocycles. The Labute approximate surface area is 289 Å². The van der Waals surface area contributed by atoms with Crippen molar-refractivity contribution in [3.05, 3.63) is 65.5 Å². The summed E-state index contributed by atoms with van der Waals surface area (Å²) in [6.07, 6.45) is 9.48. The molecular weight excluding hydrogens is 619 g/mol. The van der Waals surface area contributed by atoms with Crippen LogP contribution in [0.1, 0.15) is 98.5 Å². The maximum absolute atomic E-state index is 13.2. The van der Waals surface area contributed by atoms with Gasteiger partial charge in [0.2, 0.25) is 5.36 Å². The van der Waals surface area contributed by atoms with Crippen molar-refractivity contribution in [3.63, 3.8) is 0 Å². The standard InChI is InChI=1S/C40H57N3O4S/c1-7-13-15-17-25-41(26-18-16-14-8-2)30-31-19-22-36(39(27-31)48(44,45)46)40-34-23-20-32(42(9-3)10-4)28-37(34)47-38-29-33(21-24-35(38)40)43(11-5)12-6/h19-24,27-29H,7-18,25-26,30H2,1-6H3/p+1. The van der Waals surface area contributed by atoms with Crippen LogP contribution >= 0.6 is 0 Å². The summed E-state index contributed by atoms with van der Waals surface area (Å²) in [6.45, 7) is 19.0. The SMILES string of the molecule is CCCCCCN(CCCCCC)Cc1ccc(-c2c3ccc(=[N+](CC)CC)cc-3oc3cc(N(CC)CC)ccc23)c(S(=O)(=O)O)c1. The second kappa shape index (κ2) is 18.0. The molecule has 48 heavy (non-hydrogen) atoms. The smallest absolute Gasteiger partial charge is 0.295 e. The molecule has 0 radical (unpaired) electrons. The first kappa shape index (κ1) is 37.6. The molecule has 262 valence electrons. The molecule has 2 aliphatic rings. The highest BCUT2D eigenvalue weighted by atomic mass is 32.2. The molecule has 0 bridgehead atoms. The summed E-state index contributed by atoms with van der Waals surface area (Å²) in [5.74, 6) is 0.675. The van der Waals surface area contributed by atoms with Gasteiger partial charge in [-0.3, -0.25) is 9.45 Å². The highest BCUT2D eigenvalue weighted by molar-refractivity contribution is 7.86. The van der Waals surface area contributed by atoms with Crippen LogP contribution < -0.4 is 14.8 Å². The van der Waals surface area contributed by atoms with Crippen molar-refractivity contribution in [1.29, 1.82) is 0 Å². The number of anilines is 1. The van der Waals surface area contributed by atoms with Crippen LogP contribution in [0, 0.1) is 0 Å². The van der Waals surface area contributed by atoms with E-state index in [0.717, 1.165) is 85.2 Å². The third kappa shape index (κ3) is 9.27. The third-order valence-corrected chi connectivity index (χ3v) is 10.5. The van der Waals surface area contributed by atoms with Crippen LogP contribution in [-0.2, 0) is 16.7 Å². The van der Waals surface area contributed by atoms with E-state index in [0.29, 0.717) is 23.5 Å². The van der Waals surface area contributed by atoms with Crippen LogP contribution in [0.2, 0.25) is 0 Å². The van der Waals surface area contributed by atoms with E-state index < -0.39 is 10.1 Å². The summed E-state index contributed by atoms with van der Waals surface area (Å²) in [7, 11) is -4.55. The Morgan fingerprint density at radius 2 is 1.38 bits per heavy atom. The molecule has 0 amide bonds. The minimum Gasteiger partial charge on any atom is -0.456 e. The Morgan fingerprint density at radius 3 is 1.96 bits per heavy atom. The quantitative estimate of drug-likeness (QED) is 0.0462. The lowest BCUT2D eigenvalue weighted by Crippen LogP contribution is -2.29. The number of fused-ring (bicyclic) bond motifs is 2. The lowest BCUT2D eigenvalue weighted by atomic mass is 9.92. The van der Waals surface area contributed by atoms with Crippen LogP contribution in [0.15, 0.2) is 63.9 Å². The van der Waals surface area contributed by atoms with Crippen LogP contribution in [0.3, 0.4) is 0 Å². The van der Waals surface area contributed by atoms with Crippen LogP contribution in [0.25, 0.3) is 33.4 Å². The number of benzene rings is 3. The Bertz CT molecular complexity index is 1760. The molecule has 2 aromatic carbocycles. The maximum Gasteiger partial charge on any atom is 0.295 e. The third-order valence-electron chi connectivity index (χ3n) is 9.60. The van der Waals surface area contributed by atoms with Gasteiger partial charge in [0.15, 0.2) is 0 Å². The van der Waals surface area contributed by atoms with E-state index >= 15 is 0 Å². The maximum atomic E-state index is 13.2. The highest BCUT2D eigenvalue weighted by Crippen LogP contribution is 2.43. The highest BCUT2D eigenvalue weighted by Gasteiger charge is 2.25. The summed E-state index contributed by atoms with van der Waals surface area (Å²) in [5, 5.41) is 1.85. The molecule has 4 rings (SSSR count). The molecule has 2 aromatic rings. The van der Waals surface area contributed by atoms with Gasteiger partial charge in [-0.05, 0) is 83.5 Å². The predicted octanol–water partition coefficient (Wildman–Crippen LogP) is 9.07. The molecule has 8 heteroatoms.